The number of imidazole rings is 1. The first-order chi connectivity index (χ1) is 17.7. The van der Waals surface area contributed by atoms with Crippen molar-refractivity contribution in [2.75, 3.05) is 33.2 Å². The average molecular weight is 508 g/mol. The second-order valence-electron chi connectivity index (χ2n) is 9.62. The fourth-order valence-electron chi connectivity index (χ4n) is 4.87. The van der Waals surface area contributed by atoms with E-state index in [0.29, 0.717) is 46.6 Å². The number of rotatable bonds is 6. The number of piperazine rings is 1. The fourth-order valence-corrected chi connectivity index (χ4v) is 4.87. The van der Waals surface area contributed by atoms with Gasteiger partial charge >= 0.3 is 5.69 Å². The summed E-state index contributed by atoms with van der Waals surface area (Å²) in [7, 11) is 3.71. The molecule has 0 atom stereocenters. The van der Waals surface area contributed by atoms with E-state index in [1.165, 1.54) is 21.5 Å². The number of benzene rings is 2. The monoisotopic (exact) mass is 507 g/mol. The van der Waals surface area contributed by atoms with Crippen molar-refractivity contribution in [2.45, 2.75) is 27.0 Å². The molecule has 1 fully saturated rings. The lowest BCUT2D eigenvalue weighted by Gasteiger charge is -2.32. The van der Waals surface area contributed by atoms with Crippen LogP contribution in [0.15, 0.2) is 35.4 Å². The molecular formula is C26H30FN7O3. The Hall–Kier alpha value is -3.99. The minimum absolute atomic E-state index is 0.0371. The summed E-state index contributed by atoms with van der Waals surface area (Å²) in [5.41, 5.74) is 3.85. The minimum atomic E-state index is -0.515. The van der Waals surface area contributed by atoms with E-state index in [4.69, 9.17) is 4.74 Å². The number of carbonyl (C=O) groups excluding carboxylic acids is 1. The molecule has 194 valence electrons. The van der Waals surface area contributed by atoms with E-state index in [-0.39, 0.29) is 30.5 Å². The summed E-state index contributed by atoms with van der Waals surface area (Å²) in [6.07, 6.45) is 1.36. The molecule has 0 unspecified atom stereocenters. The number of H-pyrrole nitrogens is 1. The highest BCUT2D eigenvalue weighted by atomic mass is 19.1. The molecule has 0 bridgehead atoms. The van der Waals surface area contributed by atoms with E-state index in [0.717, 1.165) is 18.7 Å². The van der Waals surface area contributed by atoms with Crippen molar-refractivity contribution in [3.63, 3.8) is 0 Å². The molecule has 1 aliphatic rings. The number of nitrogens with one attached hydrogen (secondary N) is 1. The molecule has 10 nitrogen and oxygen atoms in total. The van der Waals surface area contributed by atoms with Gasteiger partial charge in [0.05, 0.1) is 11.0 Å². The molecule has 3 heterocycles. The van der Waals surface area contributed by atoms with Crippen molar-refractivity contribution < 1.29 is 13.9 Å². The van der Waals surface area contributed by atoms with Crippen molar-refractivity contribution in [3.05, 3.63) is 63.8 Å². The van der Waals surface area contributed by atoms with Crippen LogP contribution >= 0.6 is 0 Å². The Morgan fingerprint density at radius 2 is 1.86 bits per heavy atom. The first-order valence-corrected chi connectivity index (χ1v) is 12.2. The summed E-state index contributed by atoms with van der Waals surface area (Å²) in [5, 5.41) is 6.46. The van der Waals surface area contributed by atoms with Crippen LogP contribution in [-0.4, -0.2) is 73.2 Å². The molecule has 1 amide bonds. The molecule has 0 saturated carbocycles. The Bertz CT molecular complexity index is 1490. The number of halogens is 1. The lowest BCUT2D eigenvalue weighted by atomic mass is 9.99. The Kier molecular flexibility index (Phi) is 6.55. The lowest BCUT2D eigenvalue weighted by molar-refractivity contribution is -0.133. The number of carbonyl (C=O) groups is 1. The molecule has 0 spiro atoms. The second kappa shape index (κ2) is 9.81. The van der Waals surface area contributed by atoms with Gasteiger partial charge in [-0.05, 0) is 61.9 Å². The highest BCUT2D eigenvalue weighted by molar-refractivity contribution is 5.94. The van der Waals surface area contributed by atoms with Gasteiger partial charge in [0.25, 0.3) is 0 Å². The SMILES string of the molecule is Cc1cc(-c2cc(C)c(OCc3ncn[nH]3)c(F)c2)c2c(c1)n(CC(=O)N1CCN(C)CC1)c(=O)n2C. The molecule has 2 aromatic heterocycles. The van der Waals surface area contributed by atoms with E-state index < -0.39 is 5.82 Å². The van der Waals surface area contributed by atoms with E-state index in [1.54, 1.807) is 18.9 Å². The number of hydrogen-bond acceptors (Lipinski definition) is 6. The van der Waals surface area contributed by atoms with Crippen LogP contribution < -0.4 is 10.4 Å². The first kappa shape index (κ1) is 24.7. The average Bonchev–Trinajstić information content (AvgIpc) is 3.46. The van der Waals surface area contributed by atoms with Crippen LogP contribution in [0.5, 0.6) is 5.75 Å². The van der Waals surface area contributed by atoms with E-state index >= 15 is 4.39 Å². The van der Waals surface area contributed by atoms with E-state index in [2.05, 4.69) is 20.1 Å². The number of fused-ring (bicyclic) bond motifs is 1. The lowest BCUT2D eigenvalue weighted by Crippen LogP contribution is -2.48. The Labute approximate surface area is 213 Å². The topological polar surface area (TPSA) is 101 Å². The van der Waals surface area contributed by atoms with Crippen molar-refractivity contribution >= 4 is 16.9 Å². The largest absolute Gasteiger partial charge is 0.482 e. The van der Waals surface area contributed by atoms with Crippen LogP contribution in [0, 0.1) is 19.7 Å². The second-order valence-corrected chi connectivity index (χ2v) is 9.62. The number of aryl methyl sites for hydroxylation is 3. The molecule has 37 heavy (non-hydrogen) atoms. The number of aromatic nitrogens is 5. The Balaban J connectivity index is 1.51. The van der Waals surface area contributed by atoms with Crippen LogP contribution in [0.4, 0.5) is 4.39 Å². The van der Waals surface area contributed by atoms with Gasteiger partial charge in [0.2, 0.25) is 5.91 Å². The number of nitrogens with zero attached hydrogens (tertiary/aromatic N) is 6. The molecule has 11 heteroatoms. The van der Waals surface area contributed by atoms with Crippen LogP contribution in [0.3, 0.4) is 0 Å². The fraction of sp³-hybridized carbons (Fsp3) is 0.385. The van der Waals surface area contributed by atoms with Gasteiger partial charge in [0, 0.05) is 38.8 Å². The zero-order chi connectivity index (χ0) is 26.3. The predicted molar refractivity (Wildman–Crippen MR) is 137 cm³/mol. The molecule has 5 rings (SSSR count). The van der Waals surface area contributed by atoms with Gasteiger partial charge in [-0.3, -0.25) is 19.0 Å². The van der Waals surface area contributed by atoms with Gasteiger partial charge in [-0.1, -0.05) is 0 Å². The Morgan fingerprint density at radius 3 is 2.54 bits per heavy atom. The number of amides is 1. The van der Waals surface area contributed by atoms with Crippen molar-refractivity contribution in [3.8, 4) is 16.9 Å². The maximum Gasteiger partial charge on any atom is 0.329 e. The van der Waals surface area contributed by atoms with Crippen LogP contribution in [0.1, 0.15) is 17.0 Å². The van der Waals surface area contributed by atoms with Gasteiger partial charge < -0.3 is 14.5 Å². The van der Waals surface area contributed by atoms with Gasteiger partial charge in [-0.15, -0.1) is 0 Å². The van der Waals surface area contributed by atoms with Gasteiger partial charge in [0.15, 0.2) is 17.4 Å². The highest BCUT2D eigenvalue weighted by Gasteiger charge is 2.23. The molecular weight excluding hydrogens is 477 g/mol. The summed E-state index contributed by atoms with van der Waals surface area (Å²) in [4.78, 5) is 34.3. The third kappa shape index (κ3) is 4.74. The molecule has 1 aliphatic heterocycles. The van der Waals surface area contributed by atoms with Crippen LogP contribution in [0.2, 0.25) is 0 Å². The molecule has 1 saturated heterocycles. The number of hydrogen-bond donors (Lipinski definition) is 1. The maximum atomic E-state index is 15.2. The quantitative estimate of drug-likeness (QED) is 0.430. The zero-order valence-electron chi connectivity index (χ0n) is 21.4. The summed E-state index contributed by atoms with van der Waals surface area (Å²) in [6, 6.07) is 7.07. The zero-order valence-corrected chi connectivity index (χ0v) is 21.4. The normalized spacial score (nSPS) is 14.5. The summed E-state index contributed by atoms with van der Waals surface area (Å²) >= 11 is 0. The third-order valence-corrected chi connectivity index (χ3v) is 6.89. The summed E-state index contributed by atoms with van der Waals surface area (Å²) < 4.78 is 23.9. The van der Waals surface area contributed by atoms with Crippen molar-refractivity contribution in [2.24, 2.45) is 7.05 Å². The summed E-state index contributed by atoms with van der Waals surface area (Å²) in [5.74, 6) is 0.0266. The standard InChI is InChI=1S/C26H30FN7O3/c1-16-9-19(18-11-17(2)25(20(27)12-18)37-14-22-28-15-29-30-22)24-21(10-16)34(26(36)32(24)4)13-23(35)33-7-5-31(3)6-8-33/h9-12,15H,5-8,13-14H2,1-4H3,(H,28,29,30). The predicted octanol–water partition coefficient (Wildman–Crippen LogP) is 2.23. The van der Waals surface area contributed by atoms with Crippen LogP contribution in [-0.2, 0) is 25.0 Å². The molecule has 2 aromatic carbocycles. The molecule has 4 aromatic rings. The molecule has 1 N–H and O–H groups in total. The van der Waals surface area contributed by atoms with Gasteiger partial charge in [-0.2, -0.15) is 5.10 Å². The smallest absolute Gasteiger partial charge is 0.329 e. The summed E-state index contributed by atoms with van der Waals surface area (Å²) in [6.45, 7) is 6.62. The van der Waals surface area contributed by atoms with Crippen LogP contribution in [0.25, 0.3) is 22.2 Å². The maximum absolute atomic E-state index is 15.2. The third-order valence-electron chi connectivity index (χ3n) is 6.89. The van der Waals surface area contributed by atoms with Gasteiger partial charge in [0.1, 0.15) is 19.5 Å². The van der Waals surface area contributed by atoms with Crippen molar-refractivity contribution in [1.29, 1.82) is 0 Å². The number of ether oxygens (including phenoxy) is 1. The van der Waals surface area contributed by atoms with Crippen molar-refractivity contribution in [1.82, 2.24) is 34.1 Å². The van der Waals surface area contributed by atoms with E-state index in [1.807, 2.05) is 32.2 Å². The molecule has 0 radical (unpaired) electrons. The highest BCUT2D eigenvalue weighted by Crippen LogP contribution is 2.34. The van der Waals surface area contributed by atoms with Gasteiger partial charge in [-0.25, -0.2) is 14.2 Å². The first-order valence-electron chi connectivity index (χ1n) is 12.2. The molecule has 0 aliphatic carbocycles. The number of aromatic amines is 1. The van der Waals surface area contributed by atoms with E-state index in [9.17, 15) is 9.59 Å². The Morgan fingerprint density at radius 1 is 1.11 bits per heavy atom. The minimum Gasteiger partial charge on any atom is -0.482 e. The number of likely N-dealkylation sites (N-methyl/N-ethyl adjacent to an activating group) is 1.